The van der Waals surface area contributed by atoms with E-state index in [4.69, 9.17) is 4.74 Å². The zero-order chi connectivity index (χ0) is 22.4. The lowest BCUT2D eigenvalue weighted by Crippen LogP contribution is -2.35. The van der Waals surface area contributed by atoms with Gasteiger partial charge in [0.05, 0.1) is 25.3 Å². The SMILES string of the molecule is COc1ccccc1C=NNC1=NC(CC(=O)Nc2cccc(C(F)(F)F)c2)C(=O)N1. The molecule has 162 valence electrons. The van der Waals surface area contributed by atoms with E-state index in [9.17, 15) is 22.8 Å². The molecule has 0 saturated carbocycles. The van der Waals surface area contributed by atoms with Gasteiger partial charge < -0.3 is 10.1 Å². The van der Waals surface area contributed by atoms with E-state index in [1.54, 1.807) is 24.3 Å². The molecular formula is C20H18F3N5O3. The van der Waals surface area contributed by atoms with Gasteiger partial charge in [0, 0.05) is 11.3 Å². The van der Waals surface area contributed by atoms with E-state index in [0.717, 1.165) is 12.1 Å². The Bertz CT molecular complexity index is 1040. The molecule has 0 aromatic heterocycles. The number of halogens is 3. The molecule has 0 bridgehead atoms. The predicted molar refractivity (Wildman–Crippen MR) is 108 cm³/mol. The maximum atomic E-state index is 12.8. The number of ether oxygens (including phenoxy) is 1. The molecule has 0 saturated heterocycles. The maximum absolute atomic E-state index is 12.8. The van der Waals surface area contributed by atoms with Gasteiger partial charge in [-0.2, -0.15) is 18.3 Å². The van der Waals surface area contributed by atoms with Crippen molar-refractivity contribution in [3.05, 3.63) is 59.7 Å². The molecule has 3 N–H and O–H groups in total. The summed E-state index contributed by atoms with van der Waals surface area (Å²) < 4.78 is 43.5. The molecule has 1 atom stereocenters. The molecular weight excluding hydrogens is 415 g/mol. The van der Waals surface area contributed by atoms with Crippen LogP contribution in [0.5, 0.6) is 5.75 Å². The molecule has 8 nitrogen and oxygen atoms in total. The summed E-state index contributed by atoms with van der Waals surface area (Å²) in [4.78, 5) is 28.2. The predicted octanol–water partition coefficient (Wildman–Crippen LogP) is 2.52. The summed E-state index contributed by atoms with van der Waals surface area (Å²) in [6, 6.07) is 10.3. The number of nitrogens with zero attached hydrogens (tertiary/aromatic N) is 2. The molecule has 31 heavy (non-hydrogen) atoms. The Labute approximate surface area is 175 Å². The summed E-state index contributed by atoms with van der Waals surface area (Å²) in [7, 11) is 1.52. The second-order valence-electron chi connectivity index (χ2n) is 6.43. The standard InChI is InChI=1S/C20H18F3N5O3/c1-31-16-8-3-2-5-12(16)11-24-28-19-26-15(18(30)27-19)10-17(29)25-14-7-4-6-13(9-14)20(21,22)23/h2-9,11,15H,10H2,1H3,(H,25,29)(H2,26,27,28,30). The molecule has 2 aromatic rings. The third-order valence-electron chi connectivity index (χ3n) is 4.19. The highest BCUT2D eigenvalue weighted by atomic mass is 19.4. The van der Waals surface area contributed by atoms with Crippen LogP contribution in [0.25, 0.3) is 0 Å². The lowest BCUT2D eigenvalue weighted by atomic mass is 10.1. The number of para-hydroxylation sites is 1. The van der Waals surface area contributed by atoms with Crippen molar-refractivity contribution in [1.82, 2.24) is 10.7 Å². The van der Waals surface area contributed by atoms with Crippen LogP contribution >= 0.6 is 0 Å². The van der Waals surface area contributed by atoms with E-state index < -0.39 is 29.6 Å². The minimum absolute atomic E-state index is 0.0260. The number of guanidine groups is 1. The third-order valence-corrected chi connectivity index (χ3v) is 4.19. The first-order valence-electron chi connectivity index (χ1n) is 9.04. The van der Waals surface area contributed by atoms with Gasteiger partial charge in [-0.25, -0.2) is 10.4 Å². The molecule has 0 fully saturated rings. The quantitative estimate of drug-likeness (QED) is 0.481. The highest BCUT2D eigenvalue weighted by molar-refractivity contribution is 6.07. The van der Waals surface area contributed by atoms with Crippen LogP contribution in [0.1, 0.15) is 17.5 Å². The van der Waals surface area contributed by atoms with Crippen molar-refractivity contribution in [2.75, 3.05) is 12.4 Å². The number of anilines is 1. The fraction of sp³-hybridized carbons (Fsp3) is 0.200. The Morgan fingerprint density at radius 1 is 1.26 bits per heavy atom. The average molecular weight is 433 g/mol. The highest BCUT2D eigenvalue weighted by Crippen LogP contribution is 2.30. The zero-order valence-corrected chi connectivity index (χ0v) is 16.2. The first-order valence-corrected chi connectivity index (χ1v) is 9.04. The first kappa shape index (κ1) is 21.8. The number of benzene rings is 2. The molecule has 1 unspecified atom stereocenters. The number of alkyl halides is 3. The van der Waals surface area contributed by atoms with Crippen LogP contribution < -0.4 is 20.8 Å². The van der Waals surface area contributed by atoms with Crippen molar-refractivity contribution >= 4 is 29.7 Å². The number of carbonyl (C=O) groups is 2. The van der Waals surface area contributed by atoms with Gasteiger partial charge in [-0.1, -0.05) is 18.2 Å². The van der Waals surface area contributed by atoms with Crippen molar-refractivity contribution < 1.29 is 27.5 Å². The molecule has 1 heterocycles. The number of nitrogens with one attached hydrogen (secondary N) is 3. The van der Waals surface area contributed by atoms with Gasteiger partial charge in [-0.05, 0) is 30.3 Å². The van der Waals surface area contributed by atoms with Gasteiger partial charge in [-0.3, -0.25) is 14.9 Å². The van der Waals surface area contributed by atoms with Crippen LogP contribution in [0.2, 0.25) is 0 Å². The Morgan fingerprint density at radius 3 is 2.77 bits per heavy atom. The number of hydrogen-bond acceptors (Lipinski definition) is 6. The number of methoxy groups -OCH3 is 1. The molecule has 2 aromatic carbocycles. The van der Waals surface area contributed by atoms with E-state index in [1.807, 2.05) is 0 Å². The monoisotopic (exact) mass is 433 g/mol. The van der Waals surface area contributed by atoms with Crippen molar-refractivity contribution in [2.45, 2.75) is 18.6 Å². The first-order chi connectivity index (χ1) is 14.8. The Morgan fingerprint density at radius 2 is 2.03 bits per heavy atom. The van der Waals surface area contributed by atoms with Gasteiger partial charge >= 0.3 is 6.18 Å². The van der Waals surface area contributed by atoms with E-state index >= 15 is 0 Å². The zero-order valence-electron chi connectivity index (χ0n) is 16.2. The Balaban J connectivity index is 1.58. The maximum Gasteiger partial charge on any atom is 0.416 e. The van der Waals surface area contributed by atoms with Crippen LogP contribution in [0.4, 0.5) is 18.9 Å². The van der Waals surface area contributed by atoms with Gasteiger partial charge in [0.1, 0.15) is 11.8 Å². The van der Waals surface area contributed by atoms with Crippen LogP contribution in [0.3, 0.4) is 0 Å². The second-order valence-corrected chi connectivity index (χ2v) is 6.43. The summed E-state index contributed by atoms with van der Waals surface area (Å²) in [6.07, 6.45) is -3.40. The van der Waals surface area contributed by atoms with E-state index in [0.29, 0.717) is 11.3 Å². The summed E-state index contributed by atoms with van der Waals surface area (Å²) in [6.45, 7) is 0. The van der Waals surface area contributed by atoms with E-state index in [2.05, 4.69) is 26.2 Å². The number of hydrazone groups is 1. The van der Waals surface area contributed by atoms with E-state index in [1.165, 1.54) is 25.5 Å². The topological polar surface area (TPSA) is 104 Å². The molecule has 3 rings (SSSR count). The van der Waals surface area contributed by atoms with Gasteiger partial charge in [0.15, 0.2) is 0 Å². The highest BCUT2D eigenvalue weighted by Gasteiger charge is 2.31. The molecule has 0 spiro atoms. The number of carbonyl (C=O) groups excluding carboxylic acids is 2. The number of hydrogen-bond donors (Lipinski definition) is 3. The minimum Gasteiger partial charge on any atom is -0.496 e. The van der Waals surface area contributed by atoms with Crippen molar-refractivity contribution in [3.63, 3.8) is 0 Å². The van der Waals surface area contributed by atoms with E-state index in [-0.39, 0.29) is 18.1 Å². The fourth-order valence-corrected chi connectivity index (χ4v) is 2.74. The second kappa shape index (κ2) is 9.28. The fourth-order valence-electron chi connectivity index (χ4n) is 2.74. The van der Waals surface area contributed by atoms with Crippen molar-refractivity contribution in [1.29, 1.82) is 0 Å². The number of aliphatic imine (C=N–C) groups is 1. The molecule has 0 aliphatic carbocycles. The molecule has 1 aliphatic heterocycles. The van der Waals surface area contributed by atoms with Crippen LogP contribution in [-0.4, -0.2) is 37.1 Å². The van der Waals surface area contributed by atoms with Crippen LogP contribution in [0, 0.1) is 0 Å². The summed E-state index contributed by atoms with van der Waals surface area (Å²) >= 11 is 0. The van der Waals surface area contributed by atoms with Gasteiger partial charge in [-0.15, -0.1) is 0 Å². The lowest BCUT2D eigenvalue weighted by Gasteiger charge is -2.10. The third kappa shape index (κ3) is 5.81. The van der Waals surface area contributed by atoms with Crippen LogP contribution in [0.15, 0.2) is 58.6 Å². The molecule has 1 aliphatic rings. The van der Waals surface area contributed by atoms with Crippen LogP contribution in [-0.2, 0) is 15.8 Å². The van der Waals surface area contributed by atoms with Crippen molar-refractivity contribution in [3.8, 4) is 5.75 Å². The summed E-state index contributed by atoms with van der Waals surface area (Å²) in [5, 5.41) is 8.76. The smallest absolute Gasteiger partial charge is 0.416 e. The molecule has 2 amide bonds. The Kier molecular flexibility index (Phi) is 6.53. The number of amides is 2. The summed E-state index contributed by atoms with van der Waals surface area (Å²) in [5.41, 5.74) is 2.34. The lowest BCUT2D eigenvalue weighted by molar-refractivity contribution is -0.137. The molecule has 11 heteroatoms. The summed E-state index contributed by atoms with van der Waals surface area (Å²) in [5.74, 6) is -0.529. The largest absolute Gasteiger partial charge is 0.496 e. The minimum atomic E-state index is -4.53. The van der Waals surface area contributed by atoms with Crippen molar-refractivity contribution in [2.24, 2.45) is 10.1 Å². The number of rotatable bonds is 6. The normalized spacial score (nSPS) is 16.1. The van der Waals surface area contributed by atoms with Gasteiger partial charge in [0.2, 0.25) is 11.9 Å². The average Bonchev–Trinajstić information content (AvgIpc) is 3.06. The van der Waals surface area contributed by atoms with Gasteiger partial charge in [0.25, 0.3) is 5.91 Å². The Hall–Kier alpha value is -3.89. The molecule has 0 radical (unpaired) electrons.